The Kier molecular flexibility index (Phi) is 4.93. The Morgan fingerprint density at radius 3 is 2.79 bits per heavy atom. The molecular formula is C17H20N4O3. The fraction of sp³-hybridized carbons (Fsp3) is 0.294. The summed E-state index contributed by atoms with van der Waals surface area (Å²) >= 11 is 0. The van der Waals surface area contributed by atoms with E-state index in [-0.39, 0.29) is 18.0 Å². The second-order valence-corrected chi connectivity index (χ2v) is 5.44. The fourth-order valence-electron chi connectivity index (χ4n) is 2.64. The molecule has 2 atom stereocenters. The number of nitrogens with one attached hydrogen (secondary N) is 3. The summed E-state index contributed by atoms with van der Waals surface area (Å²) in [4.78, 5) is 16.8. The zero-order chi connectivity index (χ0) is 16.9. The highest BCUT2D eigenvalue weighted by Crippen LogP contribution is 2.29. The van der Waals surface area contributed by atoms with Gasteiger partial charge in [-0.15, -0.1) is 0 Å². The van der Waals surface area contributed by atoms with Gasteiger partial charge in [0.15, 0.2) is 0 Å². The van der Waals surface area contributed by atoms with Crippen LogP contribution in [-0.2, 0) is 4.79 Å². The molecule has 3 N–H and O–H groups in total. The minimum Gasteiger partial charge on any atom is -0.497 e. The third-order valence-electron chi connectivity index (χ3n) is 3.93. The van der Waals surface area contributed by atoms with Gasteiger partial charge in [0.25, 0.3) is 0 Å². The number of hydrogen-bond donors (Lipinski definition) is 3. The molecule has 1 amide bonds. The average Bonchev–Trinajstić information content (AvgIpc) is 3.12. The molecule has 24 heavy (non-hydrogen) atoms. The van der Waals surface area contributed by atoms with Crippen LogP contribution in [0, 0.1) is 0 Å². The molecule has 0 saturated carbocycles. The van der Waals surface area contributed by atoms with Crippen LogP contribution in [0.25, 0.3) is 0 Å². The Morgan fingerprint density at radius 2 is 2.08 bits per heavy atom. The molecule has 1 fully saturated rings. The lowest BCUT2D eigenvalue weighted by atomic mass is 10.1. The summed E-state index contributed by atoms with van der Waals surface area (Å²) in [6.45, 7) is 0. The number of methoxy groups -OCH3 is 2. The van der Waals surface area contributed by atoms with Gasteiger partial charge >= 0.3 is 0 Å². The number of hydrogen-bond acceptors (Lipinski definition) is 6. The van der Waals surface area contributed by atoms with Crippen LogP contribution in [0.15, 0.2) is 42.6 Å². The summed E-state index contributed by atoms with van der Waals surface area (Å²) in [6.07, 6.45) is 2.35. The molecular weight excluding hydrogens is 308 g/mol. The van der Waals surface area contributed by atoms with Gasteiger partial charge in [0.2, 0.25) is 5.91 Å². The van der Waals surface area contributed by atoms with E-state index in [0.29, 0.717) is 23.6 Å². The summed E-state index contributed by atoms with van der Waals surface area (Å²) in [7, 11) is 3.14. The van der Waals surface area contributed by atoms with E-state index in [9.17, 15) is 4.79 Å². The molecule has 0 spiro atoms. The van der Waals surface area contributed by atoms with Gasteiger partial charge < -0.3 is 14.8 Å². The topological polar surface area (TPSA) is 84.5 Å². The lowest BCUT2D eigenvalue weighted by Crippen LogP contribution is -2.39. The van der Waals surface area contributed by atoms with Crippen molar-refractivity contribution >= 4 is 11.6 Å². The molecule has 126 valence electrons. The summed E-state index contributed by atoms with van der Waals surface area (Å²) in [5.74, 6) is 1.08. The van der Waals surface area contributed by atoms with Crippen LogP contribution in [0.4, 0.5) is 5.69 Å². The molecule has 1 aliphatic heterocycles. The quantitative estimate of drug-likeness (QED) is 0.774. The normalized spacial score (nSPS) is 19.8. The molecule has 7 heteroatoms. The first-order chi connectivity index (χ1) is 11.7. The SMILES string of the molecule is COc1ccc(OC)c(NC(=O)C2CC(c3ccccn3)NN2)c1. The molecule has 0 radical (unpaired) electrons. The molecule has 2 aromatic rings. The molecule has 7 nitrogen and oxygen atoms in total. The van der Waals surface area contributed by atoms with Crippen molar-refractivity contribution < 1.29 is 14.3 Å². The predicted molar refractivity (Wildman–Crippen MR) is 89.8 cm³/mol. The lowest BCUT2D eigenvalue weighted by Gasteiger charge is -2.14. The highest BCUT2D eigenvalue weighted by Gasteiger charge is 2.31. The Labute approximate surface area is 140 Å². The number of amides is 1. The molecule has 3 rings (SSSR count). The maximum Gasteiger partial charge on any atom is 0.243 e. The summed E-state index contributed by atoms with van der Waals surface area (Å²) < 4.78 is 10.5. The Morgan fingerprint density at radius 1 is 1.21 bits per heavy atom. The van der Waals surface area contributed by atoms with Gasteiger partial charge in [-0.2, -0.15) is 0 Å². The number of aromatic nitrogens is 1. The number of benzene rings is 1. The van der Waals surface area contributed by atoms with Crippen molar-refractivity contribution in [3.05, 3.63) is 48.3 Å². The molecule has 1 saturated heterocycles. The number of anilines is 1. The minimum atomic E-state index is -0.368. The van der Waals surface area contributed by atoms with E-state index < -0.39 is 0 Å². The highest BCUT2D eigenvalue weighted by atomic mass is 16.5. The van der Waals surface area contributed by atoms with Crippen LogP contribution >= 0.6 is 0 Å². The largest absolute Gasteiger partial charge is 0.497 e. The van der Waals surface area contributed by atoms with Gasteiger partial charge in [0.05, 0.1) is 31.6 Å². The number of carbonyl (C=O) groups is 1. The second kappa shape index (κ2) is 7.29. The first-order valence-corrected chi connectivity index (χ1v) is 7.66. The number of pyridine rings is 1. The Balaban J connectivity index is 1.68. The van der Waals surface area contributed by atoms with E-state index in [1.807, 2.05) is 18.2 Å². The molecule has 1 aromatic heterocycles. The van der Waals surface area contributed by atoms with Crippen LogP contribution in [0.2, 0.25) is 0 Å². The van der Waals surface area contributed by atoms with Gasteiger partial charge in [-0.1, -0.05) is 6.07 Å². The van der Waals surface area contributed by atoms with Crippen molar-refractivity contribution in [1.82, 2.24) is 15.8 Å². The second-order valence-electron chi connectivity index (χ2n) is 5.44. The van der Waals surface area contributed by atoms with E-state index in [0.717, 1.165) is 5.69 Å². The van der Waals surface area contributed by atoms with E-state index in [4.69, 9.17) is 9.47 Å². The van der Waals surface area contributed by atoms with Crippen LogP contribution in [0.3, 0.4) is 0 Å². The van der Waals surface area contributed by atoms with Gasteiger partial charge in [0.1, 0.15) is 17.5 Å². The van der Waals surface area contributed by atoms with Crippen molar-refractivity contribution in [1.29, 1.82) is 0 Å². The monoisotopic (exact) mass is 328 g/mol. The molecule has 0 bridgehead atoms. The minimum absolute atomic E-state index is 0.00541. The lowest BCUT2D eigenvalue weighted by molar-refractivity contribution is -0.117. The van der Waals surface area contributed by atoms with Crippen molar-refractivity contribution in [2.45, 2.75) is 18.5 Å². The smallest absolute Gasteiger partial charge is 0.243 e. The van der Waals surface area contributed by atoms with Gasteiger partial charge in [0, 0.05) is 12.3 Å². The first kappa shape index (κ1) is 16.2. The molecule has 0 aliphatic carbocycles. The molecule has 2 heterocycles. The van der Waals surface area contributed by atoms with Gasteiger partial charge in [-0.3, -0.25) is 9.78 Å². The van der Waals surface area contributed by atoms with Crippen LogP contribution in [0.5, 0.6) is 11.5 Å². The fourth-order valence-corrected chi connectivity index (χ4v) is 2.64. The van der Waals surface area contributed by atoms with Crippen LogP contribution < -0.4 is 25.6 Å². The zero-order valence-corrected chi connectivity index (χ0v) is 13.6. The maximum absolute atomic E-state index is 12.5. The van der Waals surface area contributed by atoms with Crippen LogP contribution in [-0.4, -0.2) is 31.2 Å². The van der Waals surface area contributed by atoms with Crippen molar-refractivity contribution in [3.8, 4) is 11.5 Å². The Bertz CT molecular complexity index is 708. The van der Waals surface area contributed by atoms with Crippen LogP contribution in [0.1, 0.15) is 18.2 Å². The number of nitrogens with zero attached hydrogens (tertiary/aromatic N) is 1. The van der Waals surface area contributed by atoms with E-state index >= 15 is 0 Å². The van der Waals surface area contributed by atoms with Crippen molar-refractivity contribution in [2.75, 3.05) is 19.5 Å². The Hall–Kier alpha value is -2.64. The number of rotatable bonds is 5. The average molecular weight is 328 g/mol. The third kappa shape index (κ3) is 3.47. The number of hydrazine groups is 1. The van der Waals surface area contributed by atoms with Gasteiger partial charge in [-0.05, 0) is 30.7 Å². The van der Waals surface area contributed by atoms with Crippen molar-refractivity contribution in [2.24, 2.45) is 0 Å². The van der Waals surface area contributed by atoms with E-state index in [2.05, 4.69) is 21.2 Å². The first-order valence-electron chi connectivity index (χ1n) is 7.66. The maximum atomic E-state index is 12.5. The predicted octanol–water partition coefficient (Wildman–Crippen LogP) is 1.65. The van der Waals surface area contributed by atoms with E-state index in [1.54, 1.807) is 38.6 Å². The van der Waals surface area contributed by atoms with E-state index in [1.165, 1.54) is 0 Å². The highest BCUT2D eigenvalue weighted by molar-refractivity contribution is 5.96. The van der Waals surface area contributed by atoms with Crippen molar-refractivity contribution in [3.63, 3.8) is 0 Å². The molecule has 1 aliphatic rings. The third-order valence-corrected chi connectivity index (χ3v) is 3.93. The molecule has 1 aromatic carbocycles. The van der Waals surface area contributed by atoms with Gasteiger partial charge in [-0.25, -0.2) is 10.9 Å². The summed E-state index contributed by atoms with van der Waals surface area (Å²) in [5.41, 5.74) is 7.60. The number of carbonyl (C=O) groups excluding carboxylic acids is 1. The molecule has 2 unspecified atom stereocenters. The summed E-state index contributed by atoms with van der Waals surface area (Å²) in [6, 6.07) is 10.6. The summed E-state index contributed by atoms with van der Waals surface area (Å²) in [5, 5.41) is 2.88. The number of ether oxygens (including phenoxy) is 2. The zero-order valence-electron chi connectivity index (χ0n) is 13.6. The standard InChI is InChI=1S/C17H20N4O3/c1-23-11-6-7-16(24-2)14(9-11)19-17(22)15-10-13(20-21-15)12-5-3-4-8-18-12/h3-9,13,15,20-21H,10H2,1-2H3,(H,19,22).